The van der Waals surface area contributed by atoms with Crippen LogP contribution in [0.25, 0.3) is 66.8 Å². The number of phenolic OH excluding ortho intramolecular Hbond substituents is 2. The van der Waals surface area contributed by atoms with Gasteiger partial charge in [-0.25, -0.2) is 0 Å². The third-order valence-corrected chi connectivity index (χ3v) is 16.4. The molecule has 0 fully saturated rings. The van der Waals surface area contributed by atoms with E-state index in [0.29, 0.717) is 0 Å². The van der Waals surface area contributed by atoms with Crippen LogP contribution in [-0.4, -0.2) is 23.6 Å². The molecular weight excluding hydrogens is 788 g/mol. The molecule has 2 N–H and O–H groups in total. The minimum absolute atomic E-state index is 0.0368. The van der Waals surface area contributed by atoms with Gasteiger partial charge in [0.25, 0.3) is 0 Å². The van der Waals surface area contributed by atoms with E-state index in [0.717, 1.165) is 16.7 Å². The van der Waals surface area contributed by atoms with Crippen LogP contribution in [0, 0.1) is 0 Å². The Morgan fingerprint density at radius 2 is 0.815 bits per heavy atom. The van der Waals surface area contributed by atoms with Crippen molar-refractivity contribution in [2.75, 3.05) is 4.90 Å². The van der Waals surface area contributed by atoms with Gasteiger partial charge in [-0.15, -0.1) is 0 Å². The SMILES string of the molecule is CC1(C)c2ccccc2-c2cc3c(cc21)B1c2cc(-c4ccc(O)cc4)cc4c2N(c2cccc-3c21)c1cccc2c1B4c1cc3c(cc1-2)-c1ccc(-c2ccc(O)cc2)cc1C3(C)C. The first-order valence-electron chi connectivity index (χ1n) is 23.0. The maximum atomic E-state index is 10.5. The Morgan fingerprint density at radius 1 is 0.354 bits per heavy atom. The number of rotatable bonds is 2. The molecule has 0 unspecified atom stereocenters. The van der Waals surface area contributed by atoms with E-state index in [1.165, 1.54) is 122 Å². The first kappa shape index (κ1) is 35.9. The van der Waals surface area contributed by atoms with Gasteiger partial charge in [0.05, 0.1) is 0 Å². The van der Waals surface area contributed by atoms with Crippen molar-refractivity contribution < 1.29 is 10.2 Å². The summed E-state index contributed by atoms with van der Waals surface area (Å²) >= 11 is 0. The van der Waals surface area contributed by atoms with E-state index >= 15 is 0 Å². The predicted molar refractivity (Wildman–Crippen MR) is 271 cm³/mol. The monoisotopic (exact) mass is 829 g/mol. The predicted octanol–water partition coefficient (Wildman–Crippen LogP) is 10.1. The maximum absolute atomic E-state index is 10.5. The van der Waals surface area contributed by atoms with Gasteiger partial charge in [0.15, 0.2) is 0 Å². The molecule has 0 spiro atoms. The topological polar surface area (TPSA) is 43.7 Å². The number of phenols is 2. The fraction of sp³-hybridized carbons (Fsp3) is 0.100. The number of aromatic hydroxyl groups is 2. The number of hydrogen-bond donors (Lipinski definition) is 2. The van der Waals surface area contributed by atoms with E-state index in [1.807, 2.05) is 24.3 Å². The molecule has 65 heavy (non-hydrogen) atoms. The van der Waals surface area contributed by atoms with Crippen LogP contribution in [0.5, 0.6) is 11.5 Å². The third-order valence-electron chi connectivity index (χ3n) is 16.4. The average molecular weight is 830 g/mol. The molecule has 9 aromatic carbocycles. The third kappa shape index (κ3) is 4.35. The molecule has 4 aliphatic heterocycles. The molecule has 3 nitrogen and oxygen atoms in total. The summed E-state index contributed by atoms with van der Waals surface area (Å²) in [4.78, 5) is 2.62. The highest BCUT2D eigenvalue weighted by molar-refractivity contribution is 7.05. The van der Waals surface area contributed by atoms with Crippen molar-refractivity contribution in [3.63, 3.8) is 0 Å². The number of hydrogen-bond acceptors (Lipinski definition) is 3. The Labute approximate surface area is 379 Å². The molecule has 0 radical (unpaired) electrons. The molecule has 0 saturated heterocycles. The summed E-state index contributed by atoms with van der Waals surface area (Å²) in [5.41, 5.74) is 32.4. The lowest BCUT2D eigenvalue weighted by molar-refractivity contribution is 0.475. The number of anilines is 3. The second-order valence-electron chi connectivity index (χ2n) is 20.3. The van der Waals surface area contributed by atoms with Crippen LogP contribution in [0.2, 0.25) is 0 Å². The summed E-state index contributed by atoms with van der Waals surface area (Å²) in [5.74, 6) is 0.554. The smallest absolute Gasteiger partial charge is 0.248 e. The molecule has 2 aliphatic carbocycles. The van der Waals surface area contributed by atoms with E-state index in [2.05, 4.69) is 160 Å². The molecule has 0 aromatic heterocycles. The van der Waals surface area contributed by atoms with Crippen LogP contribution in [-0.2, 0) is 10.8 Å². The quantitative estimate of drug-likeness (QED) is 0.171. The lowest BCUT2D eigenvalue weighted by atomic mass is 9.32. The van der Waals surface area contributed by atoms with E-state index in [1.54, 1.807) is 12.1 Å². The molecule has 5 heteroatoms. The van der Waals surface area contributed by atoms with Crippen molar-refractivity contribution in [1.82, 2.24) is 0 Å². The van der Waals surface area contributed by atoms with Gasteiger partial charge in [-0.2, -0.15) is 0 Å². The summed E-state index contributed by atoms with van der Waals surface area (Å²) in [6.07, 6.45) is 0. The fourth-order valence-electron chi connectivity index (χ4n) is 13.4. The summed E-state index contributed by atoms with van der Waals surface area (Å²) in [7, 11) is 0. The molecule has 304 valence electrons. The minimum Gasteiger partial charge on any atom is -0.508 e. The van der Waals surface area contributed by atoms with Crippen molar-refractivity contribution in [3.05, 3.63) is 186 Å². The Hall–Kier alpha value is -7.49. The Morgan fingerprint density at radius 3 is 1.38 bits per heavy atom. The Bertz CT molecular complexity index is 3700. The molecule has 0 atom stereocenters. The van der Waals surface area contributed by atoms with E-state index in [-0.39, 0.29) is 35.8 Å². The van der Waals surface area contributed by atoms with Crippen molar-refractivity contribution in [1.29, 1.82) is 0 Å². The molecule has 0 bridgehead atoms. The number of nitrogens with zero attached hydrogens (tertiary/aromatic N) is 1. The second kappa shape index (κ2) is 11.8. The lowest BCUT2D eigenvalue weighted by Crippen LogP contribution is -2.63. The summed E-state index contributed by atoms with van der Waals surface area (Å²) in [6, 6.07) is 60.4. The van der Waals surface area contributed by atoms with Crippen LogP contribution in [0.1, 0.15) is 49.9 Å². The summed E-state index contributed by atoms with van der Waals surface area (Å²) in [5, 5.41) is 20.5. The van der Waals surface area contributed by atoms with Crippen molar-refractivity contribution in [2.45, 2.75) is 38.5 Å². The fourth-order valence-corrected chi connectivity index (χ4v) is 13.4. The standard InChI is InChI=1S/C60H41B2NO2/c1-59(2)46-12-6-5-9-38(46)42-28-44-40-10-7-13-54-56(40)61(50(44)30-48(42)59)52-26-35(33-17-22-37(65)23-18-33)27-53-58(52)63(54)55-14-8-11-41-45-29-43-39-24-19-34(32-15-20-36(64)21-16-32)25-47(39)60(3,4)49(43)31-51(45)62(53)57(41)55/h5-31,64-65H,1-4H3. The molecule has 6 aliphatic rings. The first-order valence-corrected chi connectivity index (χ1v) is 23.0. The van der Waals surface area contributed by atoms with Crippen molar-refractivity contribution in [3.8, 4) is 78.3 Å². The zero-order valence-electron chi connectivity index (χ0n) is 36.6. The highest BCUT2D eigenvalue weighted by atomic mass is 16.3. The van der Waals surface area contributed by atoms with Gasteiger partial charge >= 0.3 is 0 Å². The van der Waals surface area contributed by atoms with Crippen LogP contribution in [0.15, 0.2) is 164 Å². The molecule has 15 rings (SSSR count). The molecular formula is C60H41B2NO2. The second-order valence-corrected chi connectivity index (χ2v) is 20.3. The molecule has 4 heterocycles. The minimum atomic E-state index is -0.227. The Balaban J connectivity index is 0.986. The lowest BCUT2D eigenvalue weighted by Gasteiger charge is -2.43. The van der Waals surface area contributed by atoms with Crippen LogP contribution in [0.4, 0.5) is 17.1 Å². The van der Waals surface area contributed by atoms with Gasteiger partial charge in [-0.05, 0) is 165 Å². The van der Waals surface area contributed by atoms with Gasteiger partial charge in [0, 0.05) is 27.9 Å². The van der Waals surface area contributed by atoms with Gasteiger partial charge in [0.1, 0.15) is 11.5 Å². The van der Waals surface area contributed by atoms with E-state index < -0.39 is 0 Å². The van der Waals surface area contributed by atoms with Crippen molar-refractivity contribution in [2.24, 2.45) is 0 Å². The van der Waals surface area contributed by atoms with Gasteiger partial charge in [0.2, 0.25) is 13.4 Å². The largest absolute Gasteiger partial charge is 0.508 e. The van der Waals surface area contributed by atoms with Crippen LogP contribution < -0.4 is 37.7 Å². The molecule has 9 aromatic rings. The van der Waals surface area contributed by atoms with Gasteiger partial charge in [-0.1, -0.05) is 148 Å². The number of benzene rings is 9. The summed E-state index contributed by atoms with van der Waals surface area (Å²) < 4.78 is 0. The van der Waals surface area contributed by atoms with Crippen LogP contribution in [0.3, 0.4) is 0 Å². The number of fused-ring (bicyclic) bond motifs is 16. The van der Waals surface area contributed by atoms with E-state index in [9.17, 15) is 10.2 Å². The highest BCUT2D eigenvalue weighted by Gasteiger charge is 2.51. The normalized spacial score (nSPS) is 15.7. The van der Waals surface area contributed by atoms with Gasteiger partial charge < -0.3 is 15.1 Å². The Kier molecular flexibility index (Phi) is 6.52. The van der Waals surface area contributed by atoms with Crippen LogP contribution >= 0.6 is 0 Å². The first-order chi connectivity index (χ1) is 31.6. The van der Waals surface area contributed by atoms with Crippen molar-refractivity contribution >= 4 is 63.3 Å². The maximum Gasteiger partial charge on any atom is 0.248 e. The molecule has 0 amide bonds. The average Bonchev–Trinajstić information content (AvgIpc) is 3.97. The summed E-state index contributed by atoms with van der Waals surface area (Å²) in [6.45, 7) is 9.66. The zero-order chi connectivity index (χ0) is 43.4. The van der Waals surface area contributed by atoms with E-state index in [4.69, 9.17) is 0 Å². The molecule has 0 saturated carbocycles. The zero-order valence-corrected chi connectivity index (χ0v) is 36.6. The van der Waals surface area contributed by atoms with Gasteiger partial charge in [-0.3, -0.25) is 0 Å². The highest BCUT2D eigenvalue weighted by Crippen LogP contribution is 2.54.